The van der Waals surface area contributed by atoms with Crippen LogP contribution in [-0.2, 0) is 0 Å². The maximum absolute atomic E-state index is 11.6. The minimum Gasteiger partial charge on any atom is -0.504 e. The van der Waals surface area contributed by atoms with E-state index in [0.29, 0.717) is 0 Å². The summed E-state index contributed by atoms with van der Waals surface area (Å²) in [5, 5.41) is 15.4. The lowest BCUT2D eigenvalue weighted by Gasteiger charge is -2.04. The largest absolute Gasteiger partial charge is 0.504 e. The molecule has 0 amide bonds. The molecule has 0 bridgehead atoms. The quantitative estimate of drug-likeness (QED) is 0.515. The number of aromatic amines is 1. The summed E-state index contributed by atoms with van der Waals surface area (Å²) in [7, 11) is 0. The van der Waals surface area contributed by atoms with Gasteiger partial charge in [0.25, 0.3) is 0 Å². The predicted molar refractivity (Wildman–Crippen MR) is 56.1 cm³/mol. The molecule has 0 aliphatic heterocycles. The summed E-state index contributed by atoms with van der Waals surface area (Å²) in [6.07, 6.45) is 1.26. The van der Waals surface area contributed by atoms with Crippen LogP contribution < -0.4 is 10.5 Å². The highest BCUT2D eigenvalue weighted by Crippen LogP contribution is 2.25. The fraction of sp³-hybridized carbons (Fsp3) is 0. The third-order valence-electron chi connectivity index (χ3n) is 1.96. The van der Waals surface area contributed by atoms with Gasteiger partial charge in [-0.05, 0) is 12.1 Å². The van der Waals surface area contributed by atoms with Gasteiger partial charge in [0.2, 0.25) is 0 Å². The van der Waals surface area contributed by atoms with Crippen LogP contribution in [-0.4, -0.2) is 21.3 Å². The van der Waals surface area contributed by atoms with E-state index in [-0.39, 0.29) is 22.9 Å². The zero-order valence-electron chi connectivity index (χ0n) is 8.18. The number of carbonyl (C=O) groups is 1. The summed E-state index contributed by atoms with van der Waals surface area (Å²) in [6.45, 7) is 0. The molecular formula is C10H9N3O3. The van der Waals surface area contributed by atoms with Crippen LogP contribution >= 0.6 is 0 Å². The first-order valence-electron chi connectivity index (χ1n) is 4.47. The average Bonchev–Trinajstić information content (AvgIpc) is 2.68. The van der Waals surface area contributed by atoms with Gasteiger partial charge in [-0.1, -0.05) is 12.1 Å². The van der Waals surface area contributed by atoms with Crippen molar-refractivity contribution in [1.29, 1.82) is 0 Å². The van der Waals surface area contributed by atoms with Crippen molar-refractivity contribution in [3.05, 3.63) is 36.0 Å². The predicted octanol–water partition coefficient (Wildman–Crippen LogP) is 0.917. The Morgan fingerprint density at radius 1 is 1.44 bits per heavy atom. The molecule has 2 rings (SSSR count). The van der Waals surface area contributed by atoms with E-state index in [4.69, 9.17) is 10.5 Å². The van der Waals surface area contributed by atoms with Crippen molar-refractivity contribution < 1.29 is 14.6 Å². The number of hydrogen-bond donors (Lipinski definition) is 3. The van der Waals surface area contributed by atoms with Gasteiger partial charge in [-0.3, -0.25) is 5.10 Å². The van der Waals surface area contributed by atoms with Crippen LogP contribution in [0, 0.1) is 0 Å². The second-order valence-electron chi connectivity index (χ2n) is 3.05. The van der Waals surface area contributed by atoms with Crippen molar-refractivity contribution in [1.82, 2.24) is 10.2 Å². The van der Waals surface area contributed by atoms with E-state index in [1.54, 1.807) is 12.1 Å². The molecule has 2 aromatic rings. The van der Waals surface area contributed by atoms with Gasteiger partial charge in [-0.15, -0.1) is 0 Å². The Hall–Kier alpha value is -2.50. The Labute approximate surface area is 90.7 Å². The maximum atomic E-state index is 11.6. The number of aromatic hydroxyl groups is 1. The second-order valence-corrected chi connectivity index (χ2v) is 3.05. The number of rotatable bonds is 2. The SMILES string of the molecule is Nc1[nH]ncc1C(=O)Oc1ccccc1O. The molecule has 4 N–H and O–H groups in total. The van der Waals surface area contributed by atoms with Gasteiger partial charge < -0.3 is 15.6 Å². The zero-order chi connectivity index (χ0) is 11.5. The first-order chi connectivity index (χ1) is 7.68. The number of nitrogens with two attached hydrogens (primary N) is 1. The number of nitrogens with one attached hydrogen (secondary N) is 1. The molecule has 6 heteroatoms. The highest BCUT2D eigenvalue weighted by molar-refractivity contribution is 5.95. The normalized spacial score (nSPS) is 10.0. The molecule has 0 fully saturated rings. The molecule has 0 saturated carbocycles. The summed E-state index contributed by atoms with van der Waals surface area (Å²) in [5.74, 6) is -0.584. The molecule has 0 radical (unpaired) electrons. The van der Waals surface area contributed by atoms with E-state index in [0.717, 1.165) is 0 Å². The molecule has 6 nitrogen and oxygen atoms in total. The molecule has 82 valence electrons. The first kappa shape index (κ1) is 10.0. The summed E-state index contributed by atoms with van der Waals surface area (Å²) in [6, 6.07) is 6.16. The van der Waals surface area contributed by atoms with E-state index in [2.05, 4.69) is 10.2 Å². The summed E-state index contributed by atoms with van der Waals surface area (Å²) >= 11 is 0. The van der Waals surface area contributed by atoms with Crippen molar-refractivity contribution in [3.63, 3.8) is 0 Å². The van der Waals surface area contributed by atoms with Crippen molar-refractivity contribution in [2.75, 3.05) is 5.73 Å². The van der Waals surface area contributed by atoms with Crippen molar-refractivity contribution in [3.8, 4) is 11.5 Å². The fourth-order valence-corrected chi connectivity index (χ4v) is 1.16. The summed E-state index contributed by atoms with van der Waals surface area (Å²) in [4.78, 5) is 11.6. The number of ether oxygens (including phenoxy) is 1. The van der Waals surface area contributed by atoms with Crippen LogP contribution in [0.4, 0.5) is 5.82 Å². The summed E-state index contributed by atoms with van der Waals surface area (Å²) in [5.41, 5.74) is 5.58. The molecule has 1 heterocycles. The number of phenolic OH excluding ortho intramolecular Hbond substituents is 1. The lowest BCUT2D eigenvalue weighted by Crippen LogP contribution is -2.09. The Kier molecular flexibility index (Phi) is 2.47. The van der Waals surface area contributed by atoms with E-state index in [1.807, 2.05) is 0 Å². The number of hydrogen-bond acceptors (Lipinski definition) is 5. The van der Waals surface area contributed by atoms with E-state index in [1.165, 1.54) is 18.3 Å². The Bertz CT molecular complexity index is 522. The molecular weight excluding hydrogens is 210 g/mol. The maximum Gasteiger partial charge on any atom is 0.349 e. The first-order valence-corrected chi connectivity index (χ1v) is 4.47. The van der Waals surface area contributed by atoms with Crippen LogP contribution in [0.25, 0.3) is 0 Å². The minimum atomic E-state index is -0.673. The monoisotopic (exact) mass is 219 g/mol. The smallest absolute Gasteiger partial charge is 0.349 e. The van der Waals surface area contributed by atoms with Crippen molar-refractivity contribution in [2.45, 2.75) is 0 Å². The number of esters is 1. The number of carbonyl (C=O) groups excluding carboxylic acids is 1. The summed E-state index contributed by atoms with van der Waals surface area (Å²) < 4.78 is 4.94. The van der Waals surface area contributed by atoms with Crippen molar-refractivity contribution in [2.24, 2.45) is 0 Å². The molecule has 0 aliphatic rings. The van der Waals surface area contributed by atoms with Crippen LogP contribution in [0.5, 0.6) is 11.5 Å². The number of H-pyrrole nitrogens is 1. The number of benzene rings is 1. The van der Waals surface area contributed by atoms with Crippen LogP contribution in [0.15, 0.2) is 30.5 Å². The minimum absolute atomic E-state index is 0.0769. The zero-order valence-corrected chi connectivity index (χ0v) is 8.18. The average molecular weight is 219 g/mol. The third kappa shape index (κ3) is 1.81. The highest BCUT2D eigenvalue weighted by atomic mass is 16.5. The topological polar surface area (TPSA) is 101 Å². The van der Waals surface area contributed by atoms with Gasteiger partial charge in [0.05, 0.1) is 6.20 Å². The standard InChI is InChI=1S/C10H9N3O3/c11-9-6(5-12-13-9)10(15)16-8-4-2-1-3-7(8)14/h1-5,14H,(H3,11,12,13). The Balaban J connectivity index is 2.21. The van der Waals surface area contributed by atoms with Gasteiger partial charge in [0, 0.05) is 0 Å². The highest BCUT2D eigenvalue weighted by Gasteiger charge is 2.15. The molecule has 0 atom stereocenters. The molecule has 1 aromatic carbocycles. The van der Waals surface area contributed by atoms with Crippen LogP contribution in [0.2, 0.25) is 0 Å². The molecule has 16 heavy (non-hydrogen) atoms. The van der Waals surface area contributed by atoms with Gasteiger partial charge in [-0.25, -0.2) is 4.79 Å². The number of nitrogens with zero attached hydrogens (tertiary/aromatic N) is 1. The number of anilines is 1. The van der Waals surface area contributed by atoms with E-state index < -0.39 is 5.97 Å². The molecule has 0 spiro atoms. The number of phenols is 1. The number of aromatic nitrogens is 2. The van der Waals surface area contributed by atoms with E-state index >= 15 is 0 Å². The molecule has 0 unspecified atom stereocenters. The van der Waals surface area contributed by atoms with Crippen LogP contribution in [0.1, 0.15) is 10.4 Å². The van der Waals surface area contributed by atoms with Gasteiger partial charge in [0.15, 0.2) is 11.5 Å². The van der Waals surface area contributed by atoms with Gasteiger partial charge in [-0.2, -0.15) is 5.10 Å². The second kappa shape index (κ2) is 3.93. The van der Waals surface area contributed by atoms with E-state index in [9.17, 15) is 9.90 Å². The third-order valence-corrected chi connectivity index (χ3v) is 1.96. The molecule has 0 aliphatic carbocycles. The lowest BCUT2D eigenvalue weighted by atomic mass is 10.3. The van der Waals surface area contributed by atoms with Gasteiger partial charge in [0.1, 0.15) is 11.4 Å². The molecule has 1 aromatic heterocycles. The lowest BCUT2D eigenvalue weighted by molar-refractivity contribution is 0.0731. The van der Waals surface area contributed by atoms with Crippen molar-refractivity contribution >= 4 is 11.8 Å². The van der Waals surface area contributed by atoms with Crippen LogP contribution in [0.3, 0.4) is 0 Å². The Morgan fingerprint density at radius 2 is 2.19 bits per heavy atom. The number of nitrogen functional groups attached to an aromatic ring is 1. The number of para-hydroxylation sites is 2. The van der Waals surface area contributed by atoms with Gasteiger partial charge >= 0.3 is 5.97 Å². The molecule has 0 saturated heterocycles. The fourth-order valence-electron chi connectivity index (χ4n) is 1.16. The Morgan fingerprint density at radius 3 is 2.81 bits per heavy atom.